The molecule has 1 atom stereocenters. The van der Waals surface area contributed by atoms with Gasteiger partial charge in [-0.25, -0.2) is 0 Å². The van der Waals surface area contributed by atoms with Crippen LogP contribution in [0, 0.1) is 5.92 Å². The van der Waals surface area contributed by atoms with Gasteiger partial charge in [-0.3, -0.25) is 0 Å². The topological polar surface area (TPSA) is 0 Å². The van der Waals surface area contributed by atoms with Crippen LogP contribution in [-0.2, 0) is 17.1 Å². The number of hydrogen-bond donors (Lipinski definition) is 0. The Kier molecular flexibility index (Phi) is 13.6. The zero-order chi connectivity index (χ0) is 30.0. The molecule has 3 aromatic carbocycles. The molecule has 3 aromatic rings. The Hall–Kier alpha value is -2.00. The second kappa shape index (κ2) is 17.8. The van der Waals surface area contributed by atoms with Crippen molar-refractivity contribution in [1.82, 2.24) is 0 Å². The SMILES string of the molecule is C1=CCC=C1.C[C@H]([C]1C=CC=C1c1ccccc1P(c1ccccc1)c1ccccc1)P(C1CCCCC1)C1CCCCC1.[Fe]. The molecule has 45 heavy (non-hydrogen) atoms. The summed E-state index contributed by atoms with van der Waals surface area (Å²) in [6.45, 7) is 2.62. The van der Waals surface area contributed by atoms with Gasteiger partial charge in [-0.15, -0.1) is 0 Å². The Labute approximate surface area is 286 Å². The molecule has 0 aliphatic heterocycles. The Morgan fingerprint density at radius 2 is 1.11 bits per heavy atom. The van der Waals surface area contributed by atoms with Crippen molar-refractivity contribution >= 4 is 37.3 Å². The maximum atomic E-state index is 2.62. The van der Waals surface area contributed by atoms with Crippen molar-refractivity contribution in [3.05, 3.63) is 139 Å². The van der Waals surface area contributed by atoms with E-state index in [1.54, 1.807) is 5.92 Å². The first-order valence-electron chi connectivity index (χ1n) is 17.2. The Bertz CT molecular complexity index is 1360. The smallest absolute Gasteiger partial charge is 0.0344 e. The Morgan fingerprint density at radius 3 is 1.62 bits per heavy atom. The van der Waals surface area contributed by atoms with E-state index in [4.69, 9.17) is 0 Å². The summed E-state index contributed by atoms with van der Waals surface area (Å²) in [7, 11) is -0.660. The average molecular weight is 672 g/mol. The van der Waals surface area contributed by atoms with Gasteiger partial charge in [0.1, 0.15) is 0 Å². The molecule has 0 aromatic heterocycles. The average Bonchev–Trinajstić information content (AvgIpc) is 3.84. The summed E-state index contributed by atoms with van der Waals surface area (Å²) in [5.74, 6) is 1.63. The molecule has 0 N–H and O–H groups in total. The number of benzene rings is 3. The molecule has 0 heterocycles. The summed E-state index contributed by atoms with van der Waals surface area (Å²) in [6.07, 6.45) is 31.4. The monoisotopic (exact) mass is 671 g/mol. The van der Waals surface area contributed by atoms with Crippen LogP contribution in [0.2, 0.25) is 0 Å². The van der Waals surface area contributed by atoms with Gasteiger partial charge in [0.05, 0.1) is 0 Å². The fourth-order valence-electron chi connectivity index (χ4n) is 7.76. The number of rotatable bonds is 8. The maximum absolute atomic E-state index is 2.62. The first-order valence-corrected chi connectivity index (χ1v) is 20.0. The second-order valence-electron chi connectivity index (χ2n) is 12.7. The number of allylic oxidation sites excluding steroid dienone is 8. The fraction of sp³-hybridized carbons (Fsp3) is 0.357. The van der Waals surface area contributed by atoms with Gasteiger partial charge in [0.2, 0.25) is 0 Å². The third-order valence-electron chi connectivity index (χ3n) is 9.86. The quantitative estimate of drug-likeness (QED) is 0.165. The van der Waals surface area contributed by atoms with E-state index < -0.39 is 7.92 Å². The molecular formula is C42H49FeP2. The summed E-state index contributed by atoms with van der Waals surface area (Å²) < 4.78 is 0. The predicted molar refractivity (Wildman–Crippen MR) is 199 cm³/mol. The summed E-state index contributed by atoms with van der Waals surface area (Å²) in [5, 5.41) is 4.35. The van der Waals surface area contributed by atoms with Gasteiger partial charge in [-0.1, -0.05) is 181 Å². The maximum Gasteiger partial charge on any atom is 0.0344 e. The standard InChI is InChI=1S/C37H43P2.C5H6.Fe/c1-29(38(30-17-6-2-7-18-30)31-19-8-3-9-20-31)34-26-16-27-35(34)36-25-14-15-28-37(36)39(32-21-10-4-11-22-32)33-23-12-5-13-24-33;1-2-4-5-3-1;/h4-5,10-16,21-31H,2-3,6-9,17-20H2,1H3;1-4H,5H2;/t29-;;/m1../s1. The molecule has 235 valence electrons. The van der Waals surface area contributed by atoms with E-state index in [2.05, 4.69) is 134 Å². The second-order valence-corrected chi connectivity index (χ2v) is 18.0. The van der Waals surface area contributed by atoms with Gasteiger partial charge in [-0.05, 0) is 84.1 Å². The van der Waals surface area contributed by atoms with Crippen molar-refractivity contribution in [3.8, 4) is 0 Å². The first-order chi connectivity index (χ1) is 21.8. The zero-order valence-corrected chi connectivity index (χ0v) is 29.8. The summed E-state index contributed by atoms with van der Waals surface area (Å²) in [5.41, 5.74) is 5.55. The van der Waals surface area contributed by atoms with E-state index in [1.807, 2.05) is 0 Å². The van der Waals surface area contributed by atoms with Crippen LogP contribution >= 0.6 is 15.8 Å². The molecule has 3 heteroatoms. The van der Waals surface area contributed by atoms with E-state index in [-0.39, 0.29) is 25.0 Å². The van der Waals surface area contributed by atoms with Crippen LogP contribution < -0.4 is 15.9 Å². The van der Waals surface area contributed by atoms with E-state index in [0.717, 1.165) is 17.7 Å². The zero-order valence-electron chi connectivity index (χ0n) is 26.9. The molecule has 1 radical (unpaired) electrons. The van der Waals surface area contributed by atoms with Crippen molar-refractivity contribution in [2.75, 3.05) is 0 Å². The Morgan fingerprint density at radius 1 is 0.600 bits per heavy atom. The molecule has 2 fully saturated rings. The minimum atomic E-state index is -0.637. The molecule has 7 rings (SSSR count). The van der Waals surface area contributed by atoms with Gasteiger partial charge in [0.15, 0.2) is 0 Å². The summed E-state index contributed by atoms with van der Waals surface area (Å²) in [4.78, 5) is 0. The van der Waals surface area contributed by atoms with Gasteiger partial charge in [0.25, 0.3) is 0 Å². The van der Waals surface area contributed by atoms with Crippen molar-refractivity contribution in [3.63, 3.8) is 0 Å². The van der Waals surface area contributed by atoms with Crippen molar-refractivity contribution in [2.24, 2.45) is 0 Å². The summed E-state index contributed by atoms with van der Waals surface area (Å²) in [6, 6.07) is 31.7. The molecular weight excluding hydrogens is 622 g/mol. The molecule has 2 saturated carbocycles. The normalized spacial score (nSPS) is 19.3. The largest absolute Gasteiger partial charge is 0.0962 e. The van der Waals surface area contributed by atoms with Crippen molar-refractivity contribution in [1.29, 1.82) is 0 Å². The van der Waals surface area contributed by atoms with Crippen LogP contribution in [0.15, 0.2) is 127 Å². The van der Waals surface area contributed by atoms with Crippen LogP contribution in [0.1, 0.15) is 83.1 Å². The molecule has 0 saturated heterocycles. The minimum absolute atomic E-state index is 0. The van der Waals surface area contributed by atoms with Gasteiger partial charge >= 0.3 is 0 Å². The number of hydrogen-bond acceptors (Lipinski definition) is 0. The van der Waals surface area contributed by atoms with Crippen LogP contribution in [0.5, 0.6) is 0 Å². The first kappa shape index (κ1) is 34.3. The van der Waals surface area contributed by atoms with Gasteiger partial charge in [0, 0.05) is 23.0 Å². The van der Waals surface area contributed by atoms with E-state index >= 15 is 0 Å². The van der Waals surface area contributed by atoms with Gasteiger partial charge < -0.3 is 0 Å². The molecule has 0 unspecified atom stereocenters. The molecule has 0 bridgehead atoms. The molecule has 4 aliphatic rings. The van der Waals surface area contributed by atoms with Crippen LogP contribution in [0.3, 0.4) is 0 Å². The van der Waals surface area contributed by atoms with Crippen LogP contribution in [0.25, 0.3) is 5.57 Å². The van der Waals surface area contributed by atoms with Crippen molar-refractivity contribution < 1.29 is 17.1 Å². The van der Waals surface area contributed by atoms with E-state index in [1.165, 1.54) is 91.3 Å². The Balaban J connectivity index is 0.000000609. The van der Waals surface area contributed by atoms with E-state index in [9.17, 15) is 0 Å². The van der Waals surface area contributed by atoms with Gasteiger partial charge in [-0.2, -0.15) is 0 Å². The third kappa shape index (κ3) is 8.68. The van der Waals surface area contributed by atoms with Crippen LogP contribution in [0.4, 0.5) is 0 Å². The summed E-state index contributed by atoms with van der Waals surface area (Å²) >= 11 is 0. The minimum Gasteiger partial charge on any atom is -0.0962 e. The van der Waals surface area contributed by atoms with E-state index in [0.29, 0.717) is 5.66 Å². The molecule has 0 spiro atoms. The molecule has 0 nitrogen and oxygen atoms in total. The fourth-order valence-corrected chi connectivity index (χ4v) is 14.6. The molecule has 4 aliphatic carbocycles. The molecule has 0 amide bonds. The van der Waals surface area contributed by atoms with Crippen LogP contribution in [-0.4, -0.2) is 17.0 Å². The van der Waals surface area contributed by atoms with Crippen molar-refractivity contribution in [2.45, 2.75) is 94.5 Å². The third-order valence-corrected chi connectivity index (χ3v) is 16.3. The predicted octanol–water partition coefficient (Wildman–Crippen LogP) is 11.0.